The molecule has 56 heavy (non-hydrogen) atoms. The van der Waals surface area contributed by atoms with E-state index in [-0.39, 0.29) is 16.7 Å². The van der Waals surface area contributed by atoms with Crippen molar-refractivity contribution < 1.29 is 43.3 Å². The number of hydrogen-bond acceptors (Lipinski definition) is 11. The molecule has 0 spiro atoms. The van der Waals surface area contributed by atoms with Gasteiger partial charge in [-0.3, -0.25) is 4.79 Å². The fourth-order valence-electron chi connectivity index (χ4n) is 5.70. The number of carbonyl (C=O) groups excluding carboxylic acids is 2. The first-order valence-corrected chi connectivity index (χ1v) is 18.9. The molecule has 1 aromatic heterocycles. The monoisotopic (exact) mass is 786 g/mol. The molecule has 5 rings (SSSR count). The van der Waals surface area contributed by atoms with Crippen LogP contribution in [0.2, 0.25) is 0 Å². The van der Waals surface area contributed by atoms with Gasteiger partial charge in [-0.2, -0.15) is 0 Å². The van der Waals surface area contributed by atoms with Crippen LogP contribution in [-0.4, -0.2) is 82.3 Å². The molecule has 1 atom stereocenters. The highest BCUT2D eigenvalue weighted by atomic mass is 32.2. The van der Waals surface area contributed by atoms with Gasteiger partial charge in [0.2, 0.25) is 0 Å². The molecule has 15 nitrogen and oxygen atoms in total. The number of ether oxygens (including phenoxy) is 3. The van der Waals surface area contributed by atoms with Crippen molar-refractivity contribution >= 4 is 62.3 Å². The summed E-state index contributed by atoms with van der Waals surface area (Å²) in [6.07, 6.45) is 3.08. The van der Waals surface area contributed by atoms with Gasteiger partial charge in [-0.1, -0.05) is 45.0 Å². The third kappa shape index (κ3) is 9.64. The Balaban J connectivity index is 1.34. The first-order valence-electron chi connectivity index (χ1n) is 17.4. The van der Waals surface area contributed by atoms with E-state index in [1.807, 2.05) is 57.2 Å². The Morgan fingerprint density at radius 1 is 0.786 bits per heavy atom. The fraction of sp³-hybridized carbons (Fsp3) is 0.275. The lowest BCUT2D eigenvalue weighted by Crippen LogP contribution is -2.57. The molecule has 0 fully saturated rings. The van der Waals surface area contributed by atoms with Crippen molar-refractivity contribution in [2.75, 3.05) is 61.0 Å². The maximum Gasteiger partial charge on any atom is 0.323 e. The number of pyridine rings is 1. The topological polar surface area (TPSA) is 213 Å². The van der Waals surface area contributed by atoms with Gasteiger partial charge in [0.1, 0.15) is 39.6 Å². The first-order chi connectivity index (χ1) is 26.7. The summed E-state index contributed by atoms with van der Waals surface area (Å²) >= 11 is 0. The van der Waals surface area contributed by atoms with Crippen LogP contribution in [0.5, 0.6) is 23.0 Å². The number of nitrogens with zero attached hydrogens (tertiary/aromatic N) is 1. The average Bonchev–Trinajstić information content (AvgIpc) is 3.17. The van der Waals surface area contributed by atoms with Gasteiger partial charge >= 0.3 is 6.03 Å². The van der Waals surface area contributed by atoms with Crippen molar-refractivity contribution in [3.05, 3.63) is 96.2 Å². The molecule has 1 heterocycles. The van der Waals surface area contributed by atoms with Crippen LogP contribution in [0.1, 0.15) is 36.7 Å². The lowest BCUT2D eigenvalue weighted by Gasteiger charge is -2.29. The van der Waals surface area contributed by atoms with Gasteiger partial charge in [0.05, 0.1) is 56.7 Å². The third-order valence-electron chi connectivity index (χ3n) is 8.76. The summed E-state index contributed by atoms with van der Waals surface area (Å²) in [4.78, 5) is 30.8. The zero-order valence-corrected chi connectivity index (χ0v) is 32.7. The largest absolute Gasteiger partial charge is 0.496 e. The Kier molecular flexibility index (Phi) is 13.0. The molecule has 0 saturated carbocycles. The van der Waals surface area contributed by atoms with E-state index in [1.165, 1.54) is 26.5 Å². The van der Waals surface area contributed by atoms with Gasteiger partial charge < -0.3 is 55.5 Å². The van der Waals surface area contributed by atoms with E-state index in [2.05, 4.69) is 31.0 Å². The maximum absolute atomic E-state index is 13.5. The van der Waals surface area contributed by atoms with Crippen molar-refractivity contribution in [2.45, 2.75) is 31.7 Å². The Bertz CT molecular complexity index is 2230. The van der Waals surface area contributed by atoms with Crippen LogP contribution in [0.3, 0.4) is 0 Å². The Morgan fingerprint density at radius 3 is 2.11 bits per heavy atom. The van der Waals surface area contributed by atoms with Crippen molar-refractivity contribution in [2.24, 2.45) is 0 Å². The number of aliphatic hydroxyl groups excluding tert-OH is 3. The van der Waals surface area contributed by atoms with E-state index in [1.54, 1.807) is 42.6 Å². The van der Waals surface area contributed by atoms with Crippen LogP contribution < -0.4 is 40.2 Å². The smallest absolute Gasteiger partial charge is 0.323 e. The van der Waals surface area contributed by atoms with Crippen LogP contribution >= 0.6 is 0 Å². The van der Waals surface area contributed by atoms with Gasteiger partial charge in [-0.25, -0.2) is 14.0 Å². The highest BCUT2D eigenvalue weighted by Crippen LogP contribution is 2.40. The normalized spacial score (nSPS) is 12.0. The van der Waals surface area contributed by atoms with Crippen LogP contribution in [0.4, 0.5) is 33.4 Å². The molecular formula is C40H46N6O9S. The number of amides is 3. The summed E-state index contributed by atoms with van der Waals surface area (Å²) in [7, 11) is 1.50. The van der Waals surface area contributed by atoms with Crippen LogP contribution in [-0.2, 0) is 16.4 Å². The highest BCUT2D eigenvalue weighted by Gasteiger charge is 2.31. The van der Waals surface area contributed by atoms with Gasteiger partial charge in [0, 0.05) is 41.0 Å². The number of anilines is 5. The quantitative estimate of drug-likeness (QED) is 0.0628. The van der Waals surface area contributed by atoms with Gasteiger partial charge in [0.25, 0.3) is 5.91 Å². The second-order valence-electron chi connectivity index (χ2n) is 13.9. The minimum atomic E-state index is -1.60. The molecule has 296 valence electrons. The molecular weight excluding hydrogens is 741 g/mol. The summed E-state index contributed by atoms with van der Waals surface area (Å²) in [5.41, 5.74) is 1.10. The lowest BCUT2D eigenvalue weighted by atomic mass is 9.86. The number of methoxy groups -OCH3 is 2. The number of aromatic nitrogens is 1. The standard InChI is InChI=1S/C40H46N6O9S/c1-39(2,3)24-17-31(36(54-5)32(18-24)46-56(6)52)44-38(51)43-30-13-14-33(28-10-8-7-9-27(28)30)55-26-15-16-41-35(20-26)42-25-11-12-29(34(19-25)53-4)37(50)45-40(21-47,22-48)23-49/h7-20,46-49H,21-23H2,1-6H3,(H,41,42)(H,45,50)(H2,43,44,51). The average molecular weight is 787 g/mol. The Hall–Kier alpha value is -5.94. The molecule has 4 aromatic carbocycles. The number of aliphatic hydroxyl groups is 3. The molecule has 1 unspecified atom stereocenters. The minimum Gasteiger partial charge on any atom is -0.496 e. The maximum atomic E-state index is 13.5. The molecule has 0 radical (unpaired) electrons. The first kappa shape index (κ1) is 41.2. The predicted octanol–water partition coefficient (Wildman–Crippen LogP) is 5.88. The summed E-state index contributed by atoms with van der Waals surface area (Å²) in [6, 6.07) is 22.2. The summed E-state index contributed by atoms with van der Waals surface area (Å²) in [5, 5.41) is 41.7. The van der Waals surface area contributed by atoms with E-state index in [0.29, 0.717) is 45.8 Å². The van der Waals surface area contributed by atoms with Crippen molar-refractivity contribution in [1.29, 1.82) is 0 Å². The summed E-state index contributed by atoms with van der Waals surface area (Å²) in [5.74, 6) is 1.30. The van der Waals surface area contributed by atoms with E-state index >= 15 is 0 Å². The van der Waals surface area contributed by atoms with Crippen molar-refractivity contribution in [3.8, 4) is 23.0 Å². The number of rotatable bonds is 15. The zero-order chi connectivity index (χ0) is 40.6. The van der Waals surface area contributed by atoms with Gasteiger partial charge in [-0.15, -0.1) is 0 Å². The molecule has 0 aliphatic rings. The van der Waals surface area contributed by atoms with Crippen molar-refractivity contribution in [1.82, 2.24) is 10.3 Å². The number of nitrogens with one attached hydrogen (secondary N) is 5. The molecule has 8 N–H and O–H groups in total. The zero-order valence-electron chi connectivity index (χ0n) is 31.9. The molecule has 5 aromatic rings. The van der Waals surface area contributed by atoms with Crippen LogP contribution in [0.15, 0.2) is 85.1 Å². The summed E-state index contributed by atoms with van der Waals surface area (Å²) in [6.45, 7) is 4.11. The fourth-order valence-corrected chi connectivity index (χ4v) is 6.16. The minimum absolute atomic E-state index is 0.122. The molecule has 0 aliphatic heterocycles. The molecule has 0 bridgehead atoms. The van der Waals surface area contributed by atoms with E-state index in [4.69, 9.17) is 14.2 Å². The van der Waals surface area contributed by atoms with Crippen LogP contribution in [0, 0.1) is 0 Å². The second kappa shape index (κ2) is 17.7. The Morgan fingerprint density at radius 2 is 1.46 bits per heavy atom. The van der Waals surface area contributed by atoms with E-state index in [0.717, 1.165) is 16.3 Å². The SMILES string of the molecule is COc1cc(Nc2cc(Oc3ccc(NC(=O)Nc4cc(C(C)(C)C)cc(NS(C)=O)c4OC)c4ccccc34)ccn2)ccc1C(=O)NC(CO)(CO)CO. The summed E-state index contributed by atoms with van der Waals surface area (Å²) < 4.78 is 32.4. The van der Waals surface area contributed by atoms with E-state index < -0.39 is 48.3 Å². The second-order valence-corrected chi connectivity index (χ2v) is 15.0. The molecule has 16 heteroatoms. The van der Waals surface area contributed by atoms with Crippen LogP contribution in [0.25, 0.3) is 10.8 Å². The third-order valence-corrected chi connectivity index (χ3v) is 9.27. The van der Waals surface area contributed by atoms with Gasteiger partial charge in [-0.05, 0) is 53.4 Å². The van der Waals surface area contributed by atoms with Gasteiger partial charge in [0.15, 0.2) is 5.75 Å². The number of fused-ring (bicyclic) bond motifs is 1. The van der Waals surface area contributed by atoms with Crippen molar-refractivity contribution in [3.63, 3.8) is 0 Å². The van der Waals surface area contributed by atoms with E-state index in [9.17, 15) is 29.1 Å². The number of carbonyl (C=O) groups is 2. The number of benzene rings is 4. The molecule has 0 aliphatic carbocycles. The number of urea groups is 1. The molecule has 3 amide bonds. The highest BCUT2D eigenvalue weighted by molar-refractivity contribution is 7.85. The molecule has 0 saturated heterocycles. The predicted molar refractivity (Wildman–Crippen MR) is 218 cm³/mol. The lowest BCUT2D eigenvalue weighted by molar-refractivity contribution is 0.0374. The Labute approximate surface area is 327 Å². The number of hydrogen-bond donors (Lipinski definition) is 8.